The minimum atomic E-state index is -0.214. The van der Waals surface area contributed by atoms with Crippen molar-refractivity contribution in [1.82, 2.24) is 10.3 Å². The molecule has 1 amide bonds. The van der Waals surface area contributed by atoms with Crippen LogP contribution < -0.4 is 11.3 Å². The first kappa shape index (κ1) is 13.1. The highest BCUT2D eigenvalue weighted by molar-refractivity contribution is 7.12. The Morgan fingerprint density at radius 3 is 2.79 bits per heavy atom. The average Bonchev–Trinajstić information content (AvgIpc) is 2.94. The van der Waals surface area contributed by atoms with E-state index in [0.717, 1.165) is 37.8 Å². The molecule has 0 saturated carbocycles. The molecule has 2 aliphatic rings. The van der Waals surface area contributed by atoms with Gasteiger partial charge in [0.15, 0.2) is 0 Å². The first-order valence-electron chi connectivity index (χ1n) is 6.70. The Kier molecular flexibility index (Phi) is 3.58. The summed E-state index contributed by atoms with van der Waals surface area (Å²) in [7, 11) is 0. The summed E-state index contributed by atoms with van der Waals surface area (Å²) in [5.41, 5.74) is 3.25. The zero-order valence-corrected chi connectivity index (χ0v) is 11.5. The lowest BCUT2D eigenvalue weighted by Gasteiger charge is -2.37. The van der Waals surface area contributed by atoms with Crippen molar-refractivity contribution in [3.63, 3.8) is 0 Å². The molecule has 0 radical (unpaired) electrons. The number of fused-ring (bicyclic) bond motifs is 2. The summed E-state index contributed by atoms with van der Waals surface area (Å²) in [5, 5.41) is 11.7. The zero-order chi connectivity index (χ0) is 13.4. The van der Waals surface area contributed by atoms with Crippen molar-refractivity contribution < 1.29 is 9.90 Å². The maximum atomic E-state index is 11.7. The molecule has 4 N–H and O–H groups in total. The van der Waals surface area contributed by atoms with Gasteiger partial charge in [-0.3, -0.25) is 15.1 Å². The molecule has 1 aromatic rings. The number of nitrogens with zero attached hydrogens (tertiary/aromatic N) is 1. The van der Waals surface area contributed by atoms with E-state index in [0.29, 0.717) is 17.0 Å². The number of aliphatic hydroxyl groups excluding tert-OH is 1. The molecule has 0 spiro atoms. The summed E-state index contributed by atoms with van der Waals surface area (Å²) in [6.45, 7) is 0.786. The predicted molar refractivity (Wildman–Crippen MR) is 73.6 cm³/mol. The van der Waals surface area contributed by atoms with Gasteiger partial charge in [0, 0.05) is 18.6 Å². The number of carbonyl (C=O) groups excluding carboxylic acids is 1. The third kappa shape index (κ3) is 2.41. The molecule has 5 nitrogen and oxygen atoms in total. The van der Waals surface area contributed by atoms with Crippen LogP contribution in [-0.4, -0.2) is 34.1 Å². The molecule has 6 heteroatoms. The molecule has 0 aromatic carbocycles. The second-order valence-electron chi connectivity index (χ2n) is 5.43. The van der Waals surface area contributed by atoms with Gasteiger partial charge in [-0.1, -0.05) is 0 Å². The van der Waals surface area contributed by atoms with Crippen molar-refractivity contribution in [3.05, 3.63) is 21.9 Å². The van der Waals surface area contributed by atoms with Gasteiger partial charge in [-0.25, -0.2) is 5.84 Å². The molecule has 3 rings (SSSR count). The van der Waals surface area contributed by atoms with Gasteiger partial charge in [-0.15, -0.1) is 11.3 Å². The number of aliphatic hydroxyl groups is 1. The second-order valence-corrected chi connectivity index (χ2v) is 6.35. The van der Waals surface area contributed by atoms with Crippen LogP contribution >= 0.6 is 11.3 Å². The molecule has 2 fully saturated rings. The summed E-state index contributed by atoms with van der Waals surface area (Å²) in [4.78, 5) is 14.8. The summed E-state index contributed by atoms with van der Waals surface area (Å²) in [6, 6.07) is 2.92. The normalized spacial score (nSPS) is 30.5. The number of amides is 1. The minimum Gasteiger partial charge on any atom is -0.393 e. The van der Waals surface area contributed by atoms with Crippen molar-refractivity contribution in [2.75, 3.05) is 0 Å². The summed E-state index contributed by atoms with van der Waals surface area (Å²) in [5.74, 6) is 5.00. The van der Waals surface area contributed by atoms with Gasteiger partial charge in [0.25, 0.3) is 5.91 Å². The SMILES string of the molecule is NNC(=O)c1sccc1CN1C2CCC1CC(O)C2. The number of carbonyl (C=O) groups is 1. The summed E-state index contributed by atoms with van der Waals surface area (Å²) in [6.07, 6.45) is 3.88. The maximum absolute atomic E-state index is 11.7. The van der Waals surface area contributed by atoms with Crippen molar-refractivity contribution in [3.8, 4) is 0 Å². The molecule has 2 bridgehead atoms. The van der Waals surface area contributed by atoms with E-state index >= 15 is 0 Å². The molecule has 2 saturated heterocycles. The zero-order valence-electron chi connectivity index (χ0n) is 10.7. The third-order valence-corrected chi connectivity index (χ3v) is 5.25. The summed E-state index contributed by atoms with van der Waals surface area (Å²) < 4.78 is 0. The topological polar surface area (TPSA) is 78.6 Å². The van der Waals surface area contributed by atoms with E-state index in [1.54, 1.807) is 0 Å². The van der Waals surface area contributed by atoms with Gasteiger partial charge in [0.2, 0.25) is 0 Å². The molecular formula is C13H19N3O2S. The number of hydrogen-bond acceptors (Lipinski definition) is 5. The largest absolute Gasteiger partial charge is 0.393 e. The van der Waals surface area contributed by atoms with Gasteiger partial charge in [0.05, 0.1) is 11.0 Å². The van der Waals surface area contributed by atoms with Crippen LogP contribution in [0.1, 0.15) is 40.9 Å². The van der Waals surface area contributed by atoms with Crippen LogP contribution in [0.15, 0.2) is 11.4 Å². The third-order valence-electron chi connectivity index (χ3n) is 4.30. The fourth-order valence-electron chi connectivity index (χ4n) is 3.43. The van der Waals surface area contributed by atoms with Gasteiger partial charge >= 0.3 is 0 Å². The van der Waals surface area contributed by atoms with E-state index in [1.807, 2.05) is 11.4 Å². The lowest BCUT2D eigenvalue weighted by molar-refractivity contribution is 0.0309. The monoisotopic (exact) mass is 281 g/mol. The Hall–Kier alpha value is -0.950. The molecule has 104 valence electrons. The molecular weight excluding hydrogens is 262 g/mol. The lowest BCUT2D eigenvalue weighted by atomic mass is 9.99. The smallest absolute Gasteiger partial charge is 0.275 e. The van der Waals surface area contributed by atoms with E-state index in [4.69, 9.17) is 5.84 Å². The van der Waals surface area contributed by atoms with Crippen molar-refractivity contribution in [2.45, 2.75) is 50.4 Å². The molecule has 2 atom stereocenters. The minimum absolute atomic E-state index is 0.150. The Balaban J connectivity index is 1.76. The van der Waals surface area contributed by atoms with Crippen LogP contribution in [-0.2, 0) is 6.54 Å². The highest BCUT2D eigenvalue weighted by Gasteiger charge is 2.40. The second kappa shape index (κ2) is 5.20. The number of hydrazine groups is 1. The maximum Gasteiger partial charge on any atom is 0.275 e. The number of hydrogen-bond donors (Lipinski definition) is 3. The van der Waals surface area contributed by atoms with Crippen molar-refractivity contribution >= 4 is 17.2 Å². The van der Waals surface area contributed by atoms with E-state index in [1.165, 1.54) is 11.3 Å². The highest BCUT2D eigenvalue weighted by Crippen LogP contribution is 2.37. The van der Waals surface area contributed by atoms with Crippen LogP contribution in [0.2, 0.25) is 0 Å². The molecule has 0 aliphatic carbocycles. The first-order chi connectivity index (χ1) is 9.19. The van der Waals surface area contributed by atoms with Crippen LogP contribution in [0, 0.1) is 0 Å². The fraction of sp³-hybridized carbons (Fsp3) is 0.615. The quantitative estimate of drug-likeness (QED) is 0.436. The Morgan fingerprint density at radius 2 is 2.16 bits per heavy atom. The number of piperidine rings is 1. The van der Waals surface area contributed by atoms with E-state index in [9.17, 15) is 9.90 Å². The molecule has 19 heavy (non-hydrogen) atoms. The molecule has 1 aromatic heterocycles. The van der Waals surface area contributed by atoms with E-state index < -0.39 is 0 Å². The van der Waals surface area contributed by atoms with Crippen LogP contribution in [0.25, 0.3) is 0 Å². The van der Waals surface area contributed by atoms with Gasteiger partial charge in [-0.2, -0.15) is 0 Å². The molecule has 2 aliphatic heterocycles. The first-order valence-corrected chi connectivity index (χ1v) is 7.58. The van der Waals surface area contributed by atoms with Gasteiger partial charge < -0.3 is 5.11 Å². The Bertz CT molecular complexity index is 462. The predicted octanol–water partition coefficient (Wildman–Crippen LogP) is 0.839. The Morgan fingerprint density at radius 1 is 1.47 bits per heavy atom. The van der Waals surface area contributed by atoms with Crippen LogP contribution in [0.4, 0.5) is 0 Å². The standard InChI is InChI=1S/C13H19N3O2S/c14-15-13(18)12-8(3-4-19-12)7-16-9-1-2-10(16)6-11(17)5-9/h3-4,9-11,17H,1-2,5-7,14H2,(H,15,18). The van der Waals surface area contributed by atoms with Gasteiger partial charge in [-0.05, 0) is 42.7 Å². The number of nitrogen functional groups attached to an aromatic ring is 1. The van der Waals surface area contributed by atoms with E-state index in [2.05, 4.69) is 10.3 Å². The number of thiophene rings is 1. The number of nitrogens with two attached hydrogens (primary N) is 1. The average molecular weight is 281 g/mol. The van der Waals surface area contributed by atoms with Gasteiger partial charge in [0.1, 0.15) is 0 Å². The number of rotatable bonds is 3. The van der Waals surface area contributed by atoms with E-state index in [-0.39, 0.29) is 12.0 Å². The highest BCUT2D eigenvalue weighted by atomic mass is 32.1. The summed E-state index contributed by atoms with van der Waals surface area (Å²) >= 11 is 1.43. The Labute approximate surface area is 116 Å². The van der Waals surface area contributed by atoms with Crippen molar-refractivity contribution in [2.24, 2.45) is 5.84 Å². The van der Waals surface area contributed by atoms with Crippen LogP contribution in [0.5, 0.6) is 0 Å². The lowest BCUT2D eigenvalue weighted by Crippen LogP contribution is -2.44. The fourth-order valence-corrected chi connectivity index (χ4v) is 4.24. The van der Waals surface area contributed by atoms with Crippen LogP contribution in [0.3, 0.4) is 0 Å². The number of nitrogens with one attached hydrogen (secondary N) is 1. The molecule has 2 unspecified atom stereocenters. The molecule has 3 heterocycles. The van der Waals surface area contributed by atoms with Crippen molar-refractivity contribution in [1.29, 1.82) is 0 Å².